The Labute approximate surface area is 191 Å². The average molecular weight is 449 g/mol. The largest absolute Gasteiger partial charge is 0.340 e. The van der Waals surface area contributed by atoms with Crippen molar-refractivity contribution in [3.05, 3.63) is 71.2 Å². The van der Waals surface area contributed by atoms with Crippen LogP contribution < -0.4 is 4.90 Å². The van der Waals surface area contributed by atoms with Crippen LogP contribution in [0.25, 0.3) is 0 Å². The van der Waals surface area contributed by atoms with Gasteiger partial charge in [0.05, 0.1) is 6.54 Å². The number of anilines is 1. The first-order valence-electron chi connectivity index (χ1n) is 11.2. The van der Waals surface area contributed by atoms with E-state index < -0.39 is 0 Å². The van der Waals surface area contributed by atoms with Crippen LogP contribution in [-0.2, 0) is 29.1 Å². The van der Waals surface area contributed by atoms with Crippen LogP contribution in [0, 0.1) is 12.7 Å². The van der Waals surface area contributed by atoms with Crippen molar-refractivity contribution in [1.82, 2.24) is 24.6 Å². The average Bonchev–Trinajstić information content (AvgIpc) is 3.49. The summed E-state index contributed by atoms with van der Waals surface area (Å²) < 4.78 is 14.9. The van der Waals surface area contributed by atoms with Gasteiger partial charge < -0.3 is 4.90 Å². The molecule has 1 aromatic carbocycles. The monoisotopic (exact) mass is 448 g/mol. The van der Waals surface area contributed by atoms with Gasteiger partial charge in [0.25, 0.3) is 0 Å². The topological polar surface area (TPSA) is 84.2 Å². The fourth-order valence-corrected chi connectivity index (χ4v) is 4.55. The lowest BCUT2D eigenvalue weighted by Crippen LogP contribution is -2.36. The molecule has 170 valence electrons. The molecule has 0 bridgehead atoms. The summed E-state index contributed by atoms with van der Waals surface area (Å²) in [5.41, 5.74) is 2.68. The van der Waals surface area contributed by atoms with Crippen LogP contribution in [0.15, 0.2) is 42.7 Å². The van der Waals surface area contributed by atoms with Gasteiger partial charge in [-0.2, -0.15) is 5.10 Å². The highest BCUT2D eigenvalue weighted by molar-refractivity contribution is 5.95. The predicted molar refractivity (Wildman–Crippen MR) is 119 cm³/mol. The Morgan fingerprint density at radius 2 is 2.00 bits per heavy atom. The molecule has 33 heavy (non-hydrogen) atoms. The van der Waals surface area contributed by atoms with Gasteiger partial charge in [-0.05, 0) is 43.5 Å². The van der Waals surface area contributed by atoms with Crippen molar-refractivity contribution in [2.75, 3.05) is 18.0 Å². The molecule has 9 heteroatoms. The summed E-state index contributed by atoms with van der Waals surface area (Å²) in [4.78, 5) is 38.6. The van der Waals surface area contributed by atoms with E-state index in [0.717, 1.165) is 23.2 Å². The van der Waals surface area contributed by atoms with E-state index in [0.29, 0.717) is 44.1 Å². The van der Waals surface area contributed by atoms with Crippen LogP contribution in [0.5, 0.6) is 0 Å². The molecule has 0 spiro atoms. The van der Waals surface area contributed by atoms with Crippen molar-refractivity contribution in [2.45, 2.75) is 45.2 Å². The number of hydrogen-bond acceptors (Lipinski definition) is 5. The number of rotatable bonds is 5. The minimum Gasteiger partial charge on any atom is -0.340 e. The molecule has 8 nitrogen and oxygen atoms in total. The van der Waals surface area contributed by atoms with Crippen LogP contribution in [-0.4, -0.2) is 49.6 Å². The number of fused-ring (bicyclic) bond motifs is 1. The Kier molecular flexibility index (Phi) is 5.62. The minimum absolute atomic E-state index is 0.00155. The molecular formula is C24H25FN6O2. The van der Waals surface area contributed by atoms with Crippen molar-refractivity contribution in [3.63, 3.8) is 0 Å². The van der Waals surface area contributed by atoms with Gasteiger partial charge in [-0.1, -0.05) is 12.1 Å². The normalized spacial score (nSPS) is 18.0. The zero-order valence-corrected chi connectivity index (χ0v) is 18.4. The number of benzene rings is 1. The van der Waals surface area contributed by atoms with Gasteiger partial charge in [-0.3, -0.25) is 19.2 Å². The number of aryl methyl sites for hydroxylation is 1. The fraction of sp³-hybridized carbons (Fsp3) is 0.375. The first kappa shape index (κ1) is 21.2. The molecule has 4 heterocycles. The molecule has 0 saturated carbocycles. The molecular weight excluding hydrogens is 423 g/mol. The summed E-state index contributed by atoms with van der Waals surface area (Å²) in [6.45, 7) is 3.68. The number of likely N-dealkylation sites (tertiary alicyclic amines) is 1. The summed E-state index contributed by atoms with van der Waals surface area (Å²) in [5, 5.41) is 4.11. The van der Waals surface area contributed by atoms with Crippen LogP contribution in [0.3, 0.4) is 0 Å². The second-order valence-corrected chi connectivity index (χ2v) is 8.60. The molecule has 5 rings (SSSR count). The molecule has 1 fully saturated rings. The lowest BCUT2D eigenvalue weighted by atomic mass is 10.0. The van der Waals surface area contributed by atoms with E-state index in [1.54, 1.807) is 40.2 Å². The second-order valence-electron chi connectivity index (χ2n) is 8.60. The number of hydrogen-bond donors (Lipinski definition) is 0. The SMILES string of the molecule is Cc1nc([C@H]2CCN(C(=O)Cn3cccn3)C2)nc2c1CCC(=O)N2Cc1ccc(F)cc1. The molecule has 2 aliphatic heterocycles. The number of aromatic nitrogens is 4. The van der Waals surface area contributed by atoms with Gasteiger partial charge in [-0.25, -0.2) is 14.4 Å². The number of carbonyl (C=O) groups excluding carboxylic acids is 2. The maximum Gasteiger partial charge on any atom is 0.244 e. The fourth-order valence-electron chi connectivity index (χ4n) is 4.55. The Morgan fingerprint density at radius 3 is 2.76 bits per heavy atom. The van der Waals surface area contributed by atoms with E-state index >= 15 is 0 Å². The van der Waals surface area contributed by atoms with E-state index in [-0.39, 0.29) is 30.1 Å². The number of carbonyl (C=O) groups is 2. The van der Waals surface area contributed by atoms with Gasteiger partial charge in [0.2, 0.25) is 11.8 Å². The van der Waals surface area contributed by atoms with E-state index in [1.165, 1.54) is 12.1 Å². The number of halogens is 1. The highest BCUT2D eigenvalue weighted by Gasteiger charge is 2.33. The zero-order chi connectivity index (χ0) is 22.9. The maximum atomic E-state index is 13.3. The third kappa shape index (κ3) is 4.35. The summed E-state index contributed by atoms with van der Waals surface area (Å²) in [7, 11) is 0. The Morgan fingerprint density at radius 1 is 1.18 bits per heavy atom. The first-order chi connectivity index (χ1) is 16.0. The van der Waals surface area contributed by atoms with E-state index in [9.17, 15) is 14.0 Å². The summed E-state index contributed by atoms with van der Waals surface area (Å²) in [6.07, 6.45) is 5.21. The number of amides is 2. The van der Waals surface area contributed by atoms with Gasteiger partial charge >= 0.3 is 0 Å². The molecule has 0 aliphatic carbocycles. The maximum absolute atomic E-state index is 13.3. The molecule has 2 aliphatic rings. The highest BCUT2D eigenvalue weighted by Crippen LogP contribution is 2.33. The first-order valence-corrected chi connectivity index (χ1v) is 11.2. The highest BCUT2D eigenvalue weighted by atomic mass is 19.1. The van der Waals surface area contributed by atoms with Crippen molar-refractivity contribution in [3.8, 4) is 0 Å². The lowest BCUT2D eigenvalue weighted by Gasteiger charge is -2.30. The quantitative estimate of drug-likeness (QED) is 0.599. The molecule has 2 amide bonds. The molecule has 0 unspecified atom stereocenters. The molecule has 2 aromatic heterocycles. The van der Waals surface area contributed by atoms with Crippen LogP contribution in [0.1, 0.15) is 41.4 Å². The van der Waals surface area contributed by atoms with E-state index in [2.05, 4.69) is 5.10 Å². The van der Waals surface area contributed by atoms with Crippen molar-refractivity contribution < 1.29 is 14.0 Å². The van der Waals surface area contributed by atoms with Crippen molar-refractivity contribution >= 4 is 17.6 Å². The Bertz CT molecular complexity index is 1180. The third-order valence-corrected chi connectivity index (χ3v) is 6.37. The molecule has 1 atom stereocenters. The van der Waals surface area contributed by atoms with Gasteiger partial charge in [0, 0.05) is 49.1 Å². The molecule has 0 radical (unpaired) electrons. The Balaban J connectivity index is 1.37. The van der Waals surface area contributed by atoms with Gasteiger partial charge in [-0.15, -0.1) is 0 Å². The molecule has 0 N–H and O–H groups in total. The zero-order valence-electron chi connectivity index (χ0n) is 18.4. The smallest absolute Gasteiger partial charge is 0.244 e. The minimum atomic E-state index is -0.308. The van der Waals surface area contributed by atoms with Gasteiger partial charge in [0.1, 0.15) is 24.0 Å². The summed E-state index contributed by atoms with van der Waals surface area (Å²) in [5.74, 6) is 1.03. The predicted octanol–water partition coefficient (Wildman–Crippen LogP) is 2.62. The van der Waals surface area contributed by atoms with E-state index in [1.807, 2.05) is 11.8 Å². The summed E-state index contributed by atoms with van der Waals surface area (Å²) >= 11 is 0. The second kappa shape index (κ2) is 8.73. The molecule has 3 aromatic rings. The summed E-state index contributed by atoms with van der Waals surface area (Å²) in [6, 6.07) is 7.96. The number of nitrogens with zero attached hydrogens (tertiary/aromatic N) is 6. The lowest BCUT2D eigenvalue weighted by molar-refractivity contribution is -0.131. The van der Waals surface area contributed by atoms with Crippen molar-refractivity contribution in [2.24, 2.45) is 0 Å². The molecule has 1 saturated heterocycles. The van der Waals surface area contributed by atoms with Crippen molar-refractivity contribution in [1.29, 1.82) is 0 Å². The van der Waals surface area contributed by atoms with Crippen LogP contribution in [0.4, 0.5) is 10.2 Å². The van der Waals surface area contributed by atoms with E-state index in [4.69, 9.17) is 9.97 Å². The standard InChI is InChI=1S/C24H25FN6O2/c1-16-20-7-8-21(32)31(13-17-3-5-19(25)6-4-17)24(20)28-23(27-16)18-9-12-29(14-18)22(33)15-30-11-2-10-26-30/h2-6,10-11,18H,7-9,12-15H2,1H3/t18-/m0/s1. The van der Waals surface area contributed by atoms with Gasteiger partial charge in [0.15, 0.2) is 0 Å². The third-order valence-electron chi connectivity index (χ3n) is 6.37. The van der Waals surface area contributed by atoms with Crippen LogP contribution in [0.2, 0.25) is 0 Å². The Hall–Kier alpha value is -3.62. The van der Waals surface area contributed by atoms with Crippen LogP contribution >= 0.6 is 0 Å².